The third kappa shape index (κ3) is 2.73. The van der Waals surface area contributed by atoms with Gasteiger partial charge in [-0.25, -0.2) is 10.2 Å². The highest BCUT2D eigenvalue weighted by atomic mass is 16.2. The van der Waals surface area contributed by atoms with Crippen LogP contribution in [0.1, 0.15) is 25.5 Å². The molecule has 0 radical (unpaired) electrons. The van der Waals surface area contributed by atoms with Gasteiger partial charge in [0, 0.05) is 13.1 Å². The summed E-state index contributed by atoms with van der Waals surface area (Å²) in [6.07, 6.45) is 1.66. The summed E-state index contributed by atoms with van der Waals surface area (Å²) in [7, 11) is 1.56. The summed E-state index contributed by atoms with van der Waals surface area (Å²) in [4.78, 5) is 30.6. The molecule has 0 saturated carbocycles. The first kappa shape index (κ1) is 15.7. The predicted octanol–water partition coefficient (Wildman–Crippen LogP) is 1.45. The van der Waals surface area contributed by atoms with Crippen molar-refractivity contribution in [3.05, 3.63) is 56.7 Å². The lowest BCUT2D eigenvalue weighted by Crippen LogP contribution is -2.29. The minimum atomic E-state index is -0.500. The van der Waals surface area contributed by atoms with Crippen LogP contribution in [0.4, 0.5) is 5.95 Å². The van der Waals surface area contributed by atoms with Gasteiger partial charge in [-0.2, -0.15) is 10.1 Å². The summed E-state index contributed by atoms with van der Waals surface area (Å²) >= 11 is 0. The summed E-state index contributed by atoms with van der Waals surface area (Å²) in [5, 5.41) is 4.17. The van der Waals surface area contributed by atoms with Gasteiger partial charge < -0.3 is 4.57 Å². The number of rotatable bonds is 4. The highest BCUT2D eigenvalue weighted by Gasteiger charge is 2.18. The van der Waals surface area contributed by atoms with E-state index >= 15 is 0 Å². The lowest BCUT2D eigenvalue weighted by molar-refractivity contribution is 0.620. The van der Waals surface area contributed by atoms with Crippen molar-refractivity contribution in [2.75, 3.05) is 5.43 Å². The molecule has 0 saturated heterocycles. The fraction of sp³-hybridized carbons (Fsp3) is 0.250. The molecule has 0 unspecified atom stereocenters. The molecule has 8 nitrogen and oxygen atoms in total. The summed E-state index contributed by atoms with van der Waals surface area (Å²) in [6.45, 7) is 3.86. The van der Waals surface area contributed by atoms with Crippen molar-refractivity contribution in [1.82, 2.24) is 19.1 Å². The first-order chi connectivity index (χ1) is 11.5. The monoisotopic (exact) mass is 326 g/mol. The molecule has 0 fully saturated rings. The van der Waals surface area contributed by atoms with Crippen LogP contribution in [0.25, 0.3) is 11.2 Å². The molecule has 0 atom stereocenters. The Bertz CT molecular complexity index is 1010. The molecule has 2 heterocycles. The van der Waals surface area contributed by atoms with Crippen LogP contribution in [0, 0.1) is 0 Å². The van der Waals surface area contributed by atoms with E-state index in [0.717, 1.165) is 5.56 Å². The smallest absolute Gasteiger partial charge is 0.300 e. The second-order valence-electron chi connectivity index (χ2n) is 5.67. The standard InChI is InChI=1S/C16H18N6O2/c1-10(2)22-12-13(21(3)16(24)19-14(12)23)18-15(22)20-17-9-11-7-5-4-6-8-11/h4-10H,1-3H3,(H,18,20)(H,19,23,24)/b17-9-. The quantitative estimate of drug-likeness (QED) is 0.560. The first-order valence-corrected chi connectivity index (χ1v) is 7.54. The van der Waals surface area contributed by atoms with Gasteiger partial charge in [-0.15, -0.1) is 0 Å². The summed E-state index contributed by atoms with van der Waals surface area (Å²) < 4.78 is 3.03. The molecule has 0 aliphatic rings. The summed E-state index contributed by atoms with van der Waals surface area (Å²) in [5.74, 6) is 0.402. The number of hydrogen-bond acceptors (Lipinski definition) is 5. The molecule has 0 aliphatic carbocycles. The summed E-state index contributed by atoms with van der Waals surface area (Å²) in [5.41, 5.74) is 3.48. The van der Waals surface area contributed by atoms with Gasteiger partial charge in [0.25, 0.3) is 5.56 Å². The maximum Gasteiger partial charge on any atom is 0.329 e. The van der Waals surface area contributed by atoms with E-state index in [1.165, 1.54) is 4.57 Å². The second kappa shape index (κ2) is 6.15. The molecule has 0 bridgehead atoms. The highest BCUT2D eigenvalue weighted by Crippen LogP contribution is 2.20. The van der Waals surface area contributed by atoms with Gasteiger partial charge in [-0.3, -0.25) is 14.3 Å². The zero-order valence-corrected chi connectivity index (χ0v) is 13.6. The number of hydrazone groups is 1. The molecule has 24 heavy (non-hydrogen) atoms. The number of H-pyrrole nitrogens is 1. The predicted molar refractivity (Wildman–Crippen MR) is 93.6 cm³/mol. The largest absolute Gasteiger partial charge is 0.329 e. The van der Waals surface area contributed by atoms with Crippen LogP contribution in [-0.2, 0) is 7.05 Å². The van der Waals surface area contributed by atoms with E-state index in [4.69, 9.17) is 0 Å². The number of benzene rings is 1. The Balaban J connectivity index is 2.08. The van der Waals surface area contributed by atoms with Crippen molar-refractivity contribution in [1.29, 1.82) is 0 Å². The molecule has 0 amide bonds. The van der Waals surface area contributed by atoms with Gasteiger partial charge in [0.05, 0.1) is 6.21 Å². The van der Waals surface area contributed by atoms with Crippen molar-refractivity contribution in [2.45, 2.75) is 19.9 Å². The van der Waals surface area contributed by atoms with Crippen molar-refractivity contribution in [3.63, 3.8) is 0 Å². The number of fused-ring (bicyclic) bond motifs is 1. The average Bonchev–Trinajstić information content (AvgIpc) is 2.94. The number of anilines is 1. The fourth-order valence-corrected chi connectivity index (χ4v) is 2.49. The molecule has 124 valence electrons. The van der Waals surface area contributed by atoms with Crippen molar-refractivity contribution >= 4 is 23.3 Å². The molecule has 3 rings (SSSR count). The minimum absolute atomic E-state index is 0.0389. The SMILES string of the molecule is CC(C)n1c(N/N=C\c2ccccc2)nc2c1c(=O)[nH]c(=O)n2C. The van der Waals surface area contributed by atoms with Crippen molar-refractivity contribution in [2.24, 2.45) is 12.1 Å². The van der Waals surface area contributed by atoms with Crippen molar-refractivity contribution < 1.29 is 0 Å². The van der Waals surface area contributed by atoms with Crippen LogP contribution in [0.15, 0.2) is 45.0 Å². The number of aromatic amines is 1. The maximum absolute atomic E-state index is 12.2. The van der Waals surface area contributed by atoms with Gasteiger partial charge in [-0.05, 0) is 19.4 Å². The Morgan fingerprint density at radius 1 is 1.25 bits per heavy atom. The number of imidazole rings is 1. The van der Waals surface area contributed by atoms with E-state index in [2.05, 4.69) is 20.5 Å². The molecule has 2 N–H and O–H groups in total. The topological polar surface area (TPSA) is 97.1 Å². The molecule has 3 aromatic rings. The Morgan fingerprint density at radius 3 is 2.62 bits per heavy atom. The summed E-state index contributed by atoms with van der Waals surface area (Å²) in [6, 6.07) is 9.56. The van der Waals surface area contributed by atoms with Crippen molar-refractivity contribution in [3.8, 4) is 0 Å². The van der Waals surface area contributed by atoms with Crippen LogP contribution in [0.2, 0.25) is 0 Å². The minimum Gasteiger partial charge on any atom is -0.300 e. The Labute approximate surface area is 137 Å². The van der Waals surface area contributed by atoms with Crippen LogP contribution in [-0.4, -0.2) is 25.3 Å². The third-order valence-electron chi connectivity index (χ3n) is 3.64. The van der Waals surface area contributed by atoms with E-state index in [-0.39, 0.29) is 6.04 Å². The van der Waals surface area contributed by atoms with E-state index in [1.807, 2.05) is 44.2 Å². The number of hydrogen-bond donors (Lipinski definition) is 2. The van der Waals surface area contributed by atoms with Gasteiger partial charge in [-0.1, -0.05) is 30.3 Å². The van der Waals surface area contributed by atoms with E-state index < -0.39 is 11.2 Å². The Hall–Kier alpha value is -3.16. The van der Waals surface area contributed by atoms with Gasteiger partial charge in [0.15, 0.2) is 11.2 Å². The lowest BCUT2D eigenvalue weighted by Gasteiger charge is -2.11. The van der Waals surface area contributed by atoms with Crippen LogP contribution in [0.3, 0.4) is 0 Å². The van der Waals surface area contributed by atoms with Crippen LogP contribution >= 0.6 is 0 Å². The van der Waals surface area contributed by atoms with Gasteiger partial charge in [0.1, 0.15) is 0 Å². The van der Waals surface area contributed by atoms with Gasteiger partial charge in [0.2, 0.25) is 5.95 Å². The van der Waals surface area contributed by atoms with E-state index in [1.54, 1.807) is 17.8 Å². The number of nitrogens with one attached hydrogen (secondary N) is 2. The number of aromatic nitrogens is 4. The second-order valence-corrected chi connectivity index (χ2v) is 5.67. The third-order valence-corrected chi connectivity index (χ3v) is 3.64. The molecular weight excluding hydrogens is 308 g/mol. The first-order valence-electron chi connectivity index (χ1n) is 7.54. The fourth-order valence-electron chi connectivity index (χ4n) is 2.49. The van der Waals surface area contributed by atoms with E-state index in [0.29, 0.717) is 17.1 Å². The Kier molecular flexibility index (Phi) is 4.03. The normalized spacial score (nSPS) is 11.7. The maximum atomic E-state index is 12.2. The molecule has 8 heteroatoms. The lowest BCUT2D eigenvalue weighted by atomic mass is 10.2. The van der Waals surface area contributed by atoms with Crippen LogP contribution in [0.5, 0.6) is 0 Å². The zero-order valence-electron chi connectivity index (χ0n) is 13.6. The molecule has 2 aromatic heterocycles. The molecular formula is C16H18N6O2. The zero-order chi connectivity index (χ0) is 17.3. The Morgan fingerprint density at radius 2 is 1.96 bits per heavy atom. The van der Waals surface area contributed by atoms with Crippen LogP contribution < -0.4 is 16.7 Å². The molecule has 1 aromatic carbocycles. The van der Waals surface area contributed by atoms with E-state index in [9.17, 15) is 9.59 Å². The molecule has 0 aliphatic heterocycles. The van der Waals surface area contributed by atoms with Gasteiger partial charge >= 0.3 is 5.69 Å². The highest BCUT2D eigenvalue weighted by molar-refractivity contribution is 5.80. The average molecular weight is 326 g/mol. The number of aryl methyl sites for hydroxylation is 1. The molecule has 0 spiro atoms. The number of nitrogens with zero attached hydrogens (tertiary/aromatic N) is 4.